The molecule has 0 unspecified atom stereocenters. The van der Waals surface area contributed by atoms with Gasteiger partial charge in [-0.3, -0.25) is 9.69 Å². The highest BCUT2D eigenvalue weighted by Crippen LogP contribution is 2.30. The van der Waals surface area contributed by atoms with Gasteiger partial charge in [-0.05, 0) is 31.2 Å². The standard InChI is InChI=1S/C17H24N2O6S2/c1-2-25-14-3-5-15(6-4-14)27(23,24)17-12-26(21,22)11-16(17)19-9-7-18(13-20)8-10-19/h3-6,13,16-17H,2,7-12H2,1H3/t16-,17-/m0/s1. The number of sulfone groups is 2. The molecule has 0 aromatic heterocycles. The van der Waals surface area contributed by atoms with E-state index in [9.17, 15) is 21.6 Å². The van der Waals surface area contributed by atoms with Crippen molar-refractivity contribution in [3.8, 4) is 5.75 Å². The van der Waals surface area contributed by atoms with Crippen molar-refractivity contribution in [2.45, 2.75) is 23.1 Å². The van der Waals surface area contributed by atoms with Gasteiger partial charge < -0.3 is 9.64 Å². The van der Waals surface area contributed by atoms with Gasteiger partial charge in [-0.25, -0.2) is 16.8 Å². The zero-order chi connectivity index (χ0) is 19.7. The average molecular weight is 417 g/mol. The van der Waals surface area contributed by atoms with E-state index < -0.39 is 31.0 Å². The Morgan fingerprint density at radius 2 is 1.74 bits per heavy atom. The molecule has 2 aliphatic heterocycles. The van der Waals surface area contributed by atoms with Gasteiger partial charge in [0.2, 0.25) is 6.41 Å². The fraction of sp³-hybridized carbons (Fsp3) is 0.588. The molecule has 2 aliphatic rings. The number of hydrogen-bond acceptors (Lipinski definition) is 7. The van der Waals surface area contributed by atoms with Crippen LogP contribution in [0.5, 0.6) is 5.75 Å². The molecule has 0 spiro atoms. The summed E-state index contributed by atoms with van der Waals surface area (Å²) in [5.41, 5.74) is 0. The van der Waals surface area contributed by atoms with Crippen LogP contribution in [0, 0.1) is 0 Å². The van der Waals surface area contributed by atoms with Crippen molar-refractivity contribution in [1.82, 2.24) is 9.80 Å². The number of nitrogens with zero attached hydrogens (tertiary/aromatic N) is 2. The topological polar surface area (TPSA) is 101 Å². The van der Waals surface area contributed by atoms with E-state index in [1.807, 2.05) is 11.8 Å². The number of carbonyl (C=O) groups excluding carboxylic acids is 1. The highest BCUT2D eigenvalue weighted by Gasteiger charge is 2.48. The van der Waals surface area contributed by atoms with Crippen LogP contribution in [0.2, 0.25) is 0 Å². The van der Waals surface area contributed by atoms with Crippen LogP contribution >= 0.6 is 0 Å². The lowest BCUT2D eigenvalue weighted by Crippen LogP contribution is -2.54. The van der Waals surface area contributed by atoms with Gasteiger partial charge >= 0.3 is 0 Å². The molecular formula is C17H24N2O6S2. The second-order valence-corrected chi connectivity index (χ2v) is 11.1. The Kier molecular flexibility index (Phi) is 5.78. The first-order valence-corrected chi connectivity index (χ1v) is 12.2. The van der Waals surface area contributed by atoms with Gasteiger partial charge in [0.05, 0.1) is 28.3 Å². The molecule has 2 saturated heterocycles. The van der Waals surface area contributed by atoms with Crippen LogP contribution in [0.25, 0.3) is 0 Å². The first kappa shape index (κ1) is 20.1. The van der Waals surface area contributed by atoms with Crippen molar-refractivity contribution in [2.75, 3.05) is 44.3 Å². The molecule has 150 valence electrons. The highest BCUT2D eigenvalue weighted by atomic mass is 32.2. The van der Waals surface area contributed by atoms with E-state index in [1.165, 1.54) is 12.1 Å². The van der Waals surface area contributed by atoms with Gasteiger partial charge in [0, 0.05) is 32.2 Å². The lowest BCUT2D eigenvalue weighted by molar-refractivity contribution is -0.119. The maximum Gasteiger partial charge on any atom is 0.209 e. The molecule has 8 nitrogen and oxygen atoms in total. The normalized spacial score (nSPS) is 26.0. The average Bonchev–Trinajstić information content (AvgIpc) is 2.99. The van der Waals surface area contributed by atoms with E-state index in [0.717, 1.165) is 6.41 Å². The summed E-state index contributed by atoms with van der Waals surface area (Å²) < 4.78 is 56.2. The van der Waals surface area contributed by atoms with Gasteiger partial charge in [-0.2, -0.15) is 0 Å². The smallest absolute Gasteiger partial charge is 0.209 e. The number of benzene rings is 1. The predicted octanol–water partition coefficient (Wildman–Crippen LogP) is -0.201. The summed E-state index contributed by atoms with van der Waals surface area (Å²) in [6, 6.07) is 5.50. The molecule has 0 N–H and O–H groups in total. The van der Waals surface area contributed by atoms with Crippen molar-refractivity contribution in [3.05, 3.63) is 24.3 Å². The van der Waals surface area contributed by atoms with E-state index in [4.69, 9.17) is 4.74 Å². The van der Waals surface area contributed by atoms with Gasteiger partial charge in [0.1, 0.15) is 5.75 Å². The van der Waals surface area contributed by atoms with E-state index in [-0.39, 0.29) is 16.4 Å². The van der Waals surface area contributed by atoms with Crippen molar-refractivity contribution < 1.29 is 26.4 Å². The summed E-state index contributed by atoms with van der Waals surface area (Å²) in [5, 5.41) is -1.01. The highest BCUT2D eigenvalue weighted by molar-refractivity contribution is 7.96. The van der Waals surface area contributed by atoms with Crippen LogP contribution in [-0.4, -0.2) is 88.6 Å². The number of ether oxygens (including phenoxy) is 1. The molecule has 1 amide bonds. The Balaban J connectivity index is 1.86. The Hall–Kier alpha value is -1.65. The molecule has 0 radical (unpaired) electrons. The van der Waals surface area contributed by atoms with Crippen LogP contribution in [-0.2, 0) is 24.5 Å². The summed E-state index contributed by atoms with van der Waals surface area (Å²) >= 11 is 0. The number of amides is 1. The summed E-state index contributed by atoms with van der Waals surface area (Å²) in [4.78, 5) is 14.5. The van der Waals surface area contributed by atoms with Crippen LogP contribution in [0.4, 0.5) is 0 Å². The van der Waals surface area contributed by atoms with Crippen molar-refractivity contribution >= 4 is 26.1 Å². The van der Waals surface area contributed by atoms with Gasteiger partial charge in [0.25, 0.3) is 0 Å². The van der Waals surface area contributed by atoms with E-state index in [1.54, 1.807) is 17.0 Å². The third-order valence-corrected chi connectivity index (χ3v) is 9.24. The number of hydrogen-bond donors (Lipinski definition) is 0. The minimum Gasteiger partial charge on any atom is -0.494 e. The maximum atomic E-state index is 13.2. The number of piperazine rings is 1. The fourth-order valence-corrected chi connectivity index (χ4v) is 8.50. The SMILES string of the molecule is CCOc1ccc(S(=O)(=O)[C@H]2CS(=O)(=O)C[C@@H]2N2CCN(C=O)CC2)cc1. The quantitative estimate of drug-likeness (QED) is 0.592. The Morgan fingerprint density at radius 1 is 1.11 bits per heavy atom. The Labute approximate surface area is 159 Å². The van der Waals surface area contributed by atoms with Crippen LogP contribution in [0.15, 0.2) is 29.2 Å². The monoisotopic (exact) mass is 416 g/mol. The number of carbonyl (C=O) groups is 1. The lowest BCUT2D eigenvalue weighted by atomic mass is 10.2. The third-order valence-electron chi connectivity index (χ3n) is 5.10. The lowest BCUT2D eigenvalue weighted by Gasteiger charge is -2.37. The molecule has 2 fully saturated rings. The number of rotatable bonds is 6. The molecular weight excluding hydrogens is 392 g/mol. The summed E-state index contributed by atoms with van der Waals surface area (Å²) in [7, 11) is -7.27. The largest absolute Gasteiger partial charge is 0.494 e. The minimum atomic E-state index is -3.82. The van der Waals surface area contributed by atoms with Gasteiger partial charge in [-0.1, -0.05) is 0 Å². The molecule has 0 aliphatic carbocycles. The molecule has 0 saturated carbocycles. The van der Waals surface area contributed by atoms with E-state index >= 15 is 0 Å². The van der Waals surface area contributed by atoms with E-state index in [0.29, 0.717) is 38.5 Å². The van der Waals surface area contributed by atoms with Crippen LogP contribution in [0.1, 0.15) is 6.92 Å². The van der Waals surface area contributed by atoms with Crippen LogP contribution in [0.3, 0.4) is 0 Å². The Bertz CT molecular complexity index is 875. The second-order valence-electron chi connectivity index (χ2n) is 6.81. The van der Waals surface area contributed by atoms with Crippen molar-refractivity contribution in [1.29, 1.82) is 0 Å². The molecule has 1 aromatic rings. The van der Waals surface area contributed by atoms with Crippen LogP contribution < -0.4 is 4.74 Å². The first-order valence-electron chi connectivity index (χ1n) is 8.87. The Morgan fingerprint density at radius 3 is 2.30 bits per heavy atom. The molecule has 0 bridgehead atoms. The van der Waals surface area contributed by atoms with Crippen molar-refractivity contribution in [3.63, 3.8) is 0 Å². The van der Waals surface area contributed by atoms with Gasteiger partial charge in [-0.15, -0.1) is 0 Å². The van der Waals surface area contributed by atoms with Gasteiger partial charge in [0.15, 0.2) is 19.7 Å². The fourth-order valence-electron chi connectivity index (χ4n) is 3.68. The molecule has 2 heterocycles. The first-order chi connectivity index (χ1) is 12.8. The van der Waals surface area contributed by atoms with E-state index in [2.05, 4.69) is 0 Å². The zero-order valence-corrected chi connectivity index (χ0v) is 16.8. The third kappa shape index (κ3) is 4.27. The molecule has 27 heavy (non-hydrogen) atoms. The predicted molar refractivity (Wildman–Crippen MR) is 100 cm³/mol. The maximum absolute atomic E-state index is 13.2. The molecule has 10 heteroatoms. The second kappa shape index (κ2) is 7.76. The summed E-state index contributed by atoms with van der Waals surface area (Å²) in [6.45, 7) is 4.18. The minimum absolute atomic E-state index is 0.101. The molecule has 2 atom stereocenters. The molecule has 1 aromatic carbocycles. The summed E-state index contributed by atoms with van der Waals surface area (Å²) in [6.07, 6.45) is 0.761. The van der Waals surface area contributed by atoms with Crippen molar-refractivity contribution in [2.24, 2.45) is 0 Å². The molecule has 3 rings (SSSR count). The zero-order valence-electron chi connectivity index (χ0n) is 15.2. The summed E-state index contributed by atoms with van der Waals surface area (Å²) in [5.74, 6) is 0.0212.